The van der Waals surface area contributed by atoms with Crippen LogP contribution in [-0.4, -0.2) is 27.1 Å². The first-order chi connectivity index (χ1) is 18.9. The molecular formula is C30H25F3N4O2. The molecule has 2 aliphatic rings. The second-order valence-corrected chi connectivity index (χ2v) is 10.5. The van der Waals surface area contributed by atoms with Crippen LogP contribution in [0.1, 0.15) is 37.7 Å². The largest absolute Gasteiger partial charge is 0.481 e. The van der Waals surface area contributed by atoms with E-state index in [1.165, 1.54) is 6.20 Å². The third-order valence-electron chi connectivity index (χ3n) is 8.25. The molecule has 2 aliphatic carbocycles. The molecule has 2 aromatic heterocycles. The fourth-order valence-corrected chi connectivity index (χ4v) is 6.53. The van der Waals surface area contributed by atoms with E-state index in [4.69, 9.17) is 0 Å². The topological polar surface area (TPSA) is 102 Å². The number of pyridine rings is 1. The van der Waals surface area contributed by atoms with Crippen LogP contribution in [-0.2, 0) is 4.79 Å². The molecule has 4 unspecified atom stereocenters. The first-order valence-electron chi connectivity index (χ1n) is 13.0. The van der Waals surface area contributed by atoms with Crippen molar-refractivity contribution < 1.29 is 23.1 Å². The summed E-state index contributed by atoms with van der Waals surface area (Å²) in [5.74, 6) is -3.87. The Bertz CT molecular complexity index is 1630. The number of nitrogens with one attached hydrogen (secondary N) is 2. The number of fused-ring (bicyclic) bond motifs is 3. The summed E-state index contributed by atoms with van der Waals surface area (Å²) in [4.78, 5) is 19.5. The zero-order chi connectivity index (χ0) is 27.3. The van der Waals surface area contributed by atoms with Crippen molar-refractivity contribution in [3.8, 4) is 28.5 Å². The fourth-order valence-electron chi connectivity index (χ4n) is 6.53. The highest BCUT2D eigenvalue weighted by atomic mass is 19.1. The number of anilines is 1. The van der Waals surface area contributed by atoms with Gasteiger partial charge in [0.2, 0.25) is 0 Å². The highest BCUT2D eigenvalue weighted by Crippen LogP contribution is 2.45. The number of hydrogen-bond donors (Lipinski definition) is 3. The monoisotopic (exact) mass is 530 g/mol. The Morgan fingerprint density at radius 1 is 1.13 bits per heavy atom. The first-order valence-corrected chi connectivity index (χ1v) is 13.0. The summed E-state index contributed by atoms with van der Waals surface area (Å²) in [5.41, 5.74) is 0.624. The summed E-state index contributed by atoms with van der Waals surface area (Å²) < 4.78 is 45.1. The number of aromatic amines is 1. The van der Waals surface area contributed by atoms with Crippen LogP contribution in [0.5, 0.6) is 0 Å². The lowest BCUT2D eigenvalue weighted by Gasteiger charge is -2.44. The molecule has 9 heteroatoms. The van der Waals surface area contributed by atoms with Gasteiger partial charge in [0.25, 0.3) is 0 Å². The van der Waals surface area contributed by atoms with E-state index in [1.807, 2.05) is 0 Å². The number of aromatic nitrogens is 2. The maximum Gasteiger partial charge on any atom is 0.308 e. The minimum atomic E-state index is -0.941. The minimum absolute atomic E-state index is 0.0129. The maximum atomic E-state index is 16.3. The third kappa shape index (κ3) is 4.30. The minimum Gasteiger partial charge on any atom is -0.481 e. The van der Waals surface area contributed by atoms with E-state index in [-0.39, 0.29) is 45.0 Å². The van der Waals surface area contributed by atoms with Crippen molar-refractivity contribution in [1.29, 1.82) is 5.26 Å². The molecule has 2 aromatic carbocycles. The molecule has 0 saturated heterocycles. The number of nitrogens with zero attached hydrogens (tertiary/aromatic N) is 2. The van der Waals surface area contributed by atoms with E-state index in [9.17, 15) is 23.9 Å². The fraction of sp³-hybridized carbons (Fsp3) is 0.300. The van der Waals surface area contributed by atoms with Crippen LogP contribution in [0.3, 0.4) is 0 Å². The van der Waals surface area contributed by atoms with Crippen molar-refractivity contribution in [3.05, 3.63) is 71.7 Å². The Morgan fingerprint density at radius 2 is 1.92 bits per heavy atom. The number of nitriles is 1. The van der Waals surface area contributed by atoms with Crippen LogP contribution < -0.4 is 5.32 Å². The first kappa shape index (κ1) is 25.0. The molecule has 0 aliphatic heterocycles. The second kappa shape index (κ2) is 9.77. The summed E-state index contributed by atoms with van der Waals surface area (Å²) in [6.07, 6.45) is 5.58. The van der Waals surface area contributed by atoms with Gasteiger partial charge in [-0.05, 0) is 42.7 Å². The van der Waals surface area contributed by atoms with Gasteiger partial charge in [0.05, 0.1) is 22.7 Å². The van der Waals surface area contributed by atoms with Crippen LogP contribution in [0.25, 0.3) is 33.3 Å². The van der Waals surface area contributed by atoms with Gasteiger partial charge in [0.15, 0.2) is 11.6 Å². The number of rotatable bonds is 5. The number of carboxylic acids is 1. The van der Waals surface area contributed by atoms with Crippen molar-refractivity contribution in [2.75, 3.05) is 5.32 Å². The van der Waals surface area contributed by atoms with Crippen molar-refractivity contribution in [3.63, 3.8) is 0 Å². The Morgan fingerprint density at radius 3 is 2.67 bits per heavy atom. The summed E-state index contributed by atoms with van der Waals surface area (Å²) in [5, 5.41) is 23.5. The van der Waals surface area contributed by atoms with Crippen molar-refractivity contribution in [2.45, 2.75) is 38.1 Å². The lowest BCUT2D eigenvalue weighted by atomic mass is 9.65. The standard InChI is InChI=1S/C30H25F3N4O2/c31-18-11-19-22(14-35-28(19)23(32)12-18)27-21(13-34)24(16-6-2-1-3-7-16)25(33)29(37-27)36-26-17-8-4-5-15(9-17)10-20(26)30(38)39/h1-3,6-7,11-12,14-15,17,20,26,35H,4-5,8-10H2,(H,36,37)(H,38,39). The SMILES string of the molecule is N#Cc1c(-c2c[nH]c3c(F)cc(F)cc23)nc(NC2C3CCCC(C3)CC2C(=O)O)c(F)c1-c1ccccc1. The lowest BCUT2D eigenvalue weighted by Crippen LogP contribution is -2.47. The van der Waals surface area contributed by atoms with E-state index < -0.39 is 35.4 Å². The average Bonchev–Trinajstić information content (AvgIpc) is 3.35. The predicted octanol–water partition coefficient (Wildman–Crippen LogP) is 6.88. The molecule has 3 N–H and O–H groups in total. The number of hydrogen-bond acceptors (Lipinski definition) is 4. The second-order valence-electron chi connectivity index (χ2n) is 10.5. The molecule has 2 fully saturated rings. The highest BCUT2D eigenvalue weighted by molar-refractivity contribution is 5.98. The third-order valence-corrected chi connectivity index (χ3v) is 8.25. The van der Waals surface area contributed by atoms with E-state index in [0.717, 1.165) is 37.8 Å². The Hall–Kier alpha value is -4.32. The molecule has 0 spiro atoms. The van der Waals surface area contributed by atoms with Crippen LogP contribution in [0, 0.1) is 46.5 Å². The van der Waals surface area contributed by atoms with Crippen molar-refractivity contribution in [1.82, 2.24) is 9.97 Å². The molecule has 4 aromatic rings. The molecule has 6 nitrogen and oxygen atoms in total. The number of carbonyl (C=O) groups is 1. The predicted molar refractivity (Wildman–Crippen MR) is 140 cm³/mol. The van der Waals surface area contributed by atoms with Crippen LogP contribution >= 0.6 is 0 Å². The molecule has 2 bridgehead atoms. The van der Waals surface area contributed by atoms with Gasteiger partial charge in [-0.1, -0.05) is 43.2 Å². The molecule has 2 saturated carbocycles. The zero-order valence-corrected chi connectivity index (χ0v) is 20.8. The summed E-state index contributed by atoms with van der Waals surface area (Å²) in [6, 6.07) is 11.9. The number of halogens is 3. The number of benzene rings is 2. The van der Waals surface area contributed by atoms with E-state index in [0.29, 0.717) is 17.9 Å². The quantitative estimate of drug-likeness (QED) is 0.261. The van der Waals surface area contributed by atoms with Gasteiger partial charge in [-0.25, -0.2) is 18.2 Å². The van der Waals surface area contributed by atoms with E-state index in [2.05, 4.69) is 21.4 Å². The Kier molecular flexibility index (Phi) is 6.26. The summed E-state index contributed by atoms with van der Waals surface area (Å²) >= 11 is 0. The maximum absolute atomic E-state index is 16.3. The van der Waals surface area contributed by atoms with E-state index in [1.54, 1.807) is 30.3 Å². The van der Waals surface area contributed by atoms with Gasteiger partial charge in [-0.3, -0.25) is 4.79 Å². The number of aliphatic carboxylic acids is 1. The average molecular weight is 531 g/mol. The molecule has 0 radical (unpaired) electrons. The van der Waals surface area contributed by atoms with Crippen molar-refractivity contribution >= 4 is 22.7 Å². The van der Waals surface area contributed by atoms with Gasteiger partial charge in [-0.15, -0.1) is 0 Å². The van der Waals surface area contributed by atoms with Gasteiger partial charge >= 0.3 is 5.97 Å². The zero-order valence-electron chi connectivity index (χ0n) is 20.8. The molecule has 2 heterocycles. The van der Waals surface area contributed by atoms with Gasteiger partial charge in [0.1, 0.15) is 17.7 Å². The van der Waals surface area contributed by atoms with Crippen LogP contribution in [0.4, 0.5) is 19.0 Å². The molecule has 39 heavy (non-hydrogen) atoms. The molecule has 6 rings (SSSR count). The normalized spacial score (nSPS) is 22.4. The Balaban J connectivity index is 1.57. The summed E-state index contributed by atoms with van der Waals surface area (Å²) in [6.45, 7) is 0. The molecule has 4 atom stereocenters. The molecule has 198 valence electrons. The van der Waals surface area contributed by atoms with Gasteiger partial charge in [0, 0.05) is 34.8 Å². The van der Waals surface area contributed by atoms with Gasteiger partial charge < -0.3 is 15.4 Å². The number of H-pyrrole nitrogens is 1. The summed E-state index contributed by atoms with van der Waals surface area (Å²) in [7, 11) is 0. The van der Waals surface area contributed by atoms with Crippen molar-refractivity contribution in [2.24, 2.45) is 17.8 Å². The smallest absolute Gasteiger partial charge is 0.308 e. The van der Waals surface area contributed by atoms with Crippen LogP contribution in [0.15, 0.2) is 48.7 Å². The molecule has 0 amide bonds. The molecular weight excluding hydrogens is 505 g/mol. The van der Waals surface area contributed by atoms with Gasteiger partial charge in [-0.2, -0.15) is 5.26 Å². The van der Waals surface area contributed by atoms with E-state index >= 15 is 4.39 Å². The van der Waals surface area contributed by atoms with Crippen LogP contribution in [0.2, 0.25) is 0 Å². The number of carboxylic acid groups (broad SMARTS) is 1. The lowest BCUT2D eigenvalue weighted by molar-refractivity contribution is -0.145. The Labute approximate surface area is 222 Å². The highest BCUT2D eigenvalue weighted by Gasteiger charge is 2.44.